The van der Waals surface area contributed by atoms with Gasteiger partial charge in [-0.2, -0.15) is 0 Å². The van der Waals surface area contributed by atoms with Crippen LogP contribution in [0.15, 0.2) is 0 Å². The van der Waals surface area contributed by atoms with Gasteiger partial charge in [0.05, 0.1) is 6.61 Å². The summed E-state index contributed by atoms with van der Waals surface area (Å²) in [6.07, 6.45) is 8.09. The zero-order valence-electron chi connectivity index (χ0n) is 12.2. The van der Waals surface area contributed by atoms with Crippen molar-refractivity contribution in [3.63, 3.8) is 0 Å². The van der Waals surface area contributed by atoms with Crippen molar-refractivity contribution in [2.45, 2.75) is 64.0 Å². The zero-order valence-corrected chi connectivity index (χ0v) is 12.2. The standard InChI is InChI=1S/C15H30N2O/c1-3-17(14-7-5-4-6-8-14)15(2,12-16)13-9-10-18-11-13/h13-14H,3-12,16H2,1-2H3. The van der Waals surface area contributed by atoms with E-state index in [1.54, 1.807) is 0 Å². The third kappa shape index (κ3) is 2.73. The molecule has 1 aliphatic heterocycles. The second kappa shape index (κ2) is 6.36. The number of rotatable bonds is 5. The van der Waals surface area contributed by atoms with E-state index < -0.39 is 0 Å². The molecule has 2 fully saturated rings. The molecule has 1 saturated heterocycles. The lowest BCUT2D eigenvalue weighted by Crippen LogP contribution is -2.60. The fraction of sp³-hybridized carbons (Fsp3) is 1.00. The molecule has 2 atom stereocenters. The van der Waals surface area contributed by atoms with Gasteiger partial charge in [-0.3, -0.25) is 4.90 Å². The summed E-state index contributed by atoms with van der Waals surface area (Å²) in [5.41, 5.74) is 6.30. The van der Waals surface area contributed by atoms with Gasteiger partial charge in [-0.25, -0.2) is 0 Å². The molecule has 0 radical (unpaired) electrons. The van der Waals surface area contributed by atoms with Gasteiger partial charge in [-0.05, 0) is 32.7 Å². The van der Waals surface area contributed by atoms with Gasteiger partial charge in [-0.15, -0.1) is 0 Å². The van der Waals surface area contributed by atoms with E-state index in [-0.39, 0.29) is 5.54 Å². The van der Waals surface area contributed by atoms with E-state index in [1.807, 2.05) is 0 Å². The number of hydrogen-bond donors (Lipinski definition) is 1. The van der Waals surface area contributed by atoms with Crippen LogP contribution in [0.25, 0.3) is 0 Å². The van der Waals surface area contributed by atoms with Crippen molar-refractivity contribution in [3.8, 4) is 0 Å². The Morgan fingerprint density at radius 1 is 1.22 bits per heavy atom. The van der Waals surface area contributed by atoms with Crippen molar-refractivity contribution in [1.29, 1.82) is 0 Å². The summed E-state index contributed by atoms with van der Waals surface area (Å²) < 4.78 is 5.60. The highest BCUT2D eigenvalue weighted by atomic mass is 16.5. The van der Waals surface area contributed by atoms with Crippen molar-refractivity contribution >= 4 is 0 Å². The van der Waals surface area contributed by atoms with E-state index in [2.05, 4.69) is 18.7 Å². The lowest BCUT2D eigenvalue weighted by Gasteiger charge is -2.49. The highest BCUT2D eigenvalue weighted by Crippen LogP contribution is 2.35. The summed E-state index contributed by atoms with van der Waals surface area (Å²) >= 11 is 0. The molecule has 3 nitrogen and oxygen atoms in total. The number of nitrogens with two attached hydrogens (primary N) is 1. The predicted octanol–water partition coefficient (Wildman–Crippen LogP) is 2.39. The van der Waals surface area contributed by atoms with Crippen molar-refractivity contribution in [3.05, 3.63) is 0 Å². The smallest absolute Gasteiger partial charge is 0.0513 e. The minimum atomic E-state index is 0.132. The van der Waals surface area contributed by atoms with Crippen molar-refractivity contribution in [2.24, 2.45) is 11.7 Å². The Bertz CT molecular complexity index is 247. The van der Waals surface area contributed by atoms with Crippen LogP contribution in [-0.4, -0.2) is 42.8 Å². The van der Waals surface area contributed by atoms with Crippen LogP contribution in [0.5, 0.6) is 0 Å². The first-order chi connectivity index (χ1) is 8.72. The van der Waals surface area contributed by atoms with Crippen LogP contribution >= 0.6 is 0 Å². The molecule has 2 rings (SSSR count). The van der Waals surface area contributed by atoms with Crippen LogP contribution < -0.4 is 5.73 Å². The first-order valence-corrected chi connectivity index (χ1v) is 7.77. The van der Waals surface area contributed by atoms with Crippen molar-refractivity contribution < 1.29 is 4.74 Å². The molecule has 18 heavy (non-hydrogen) atoms. The van der Waals surface area contributed by atoms with E-state index in [1.165, 1.54) is 38.5 Å². The highest BCUT2D eigenvalue weighted by molar-refractivity contribution is 4.98. The Morgan fingerprint density at radius 2 is 1.94 bits per heavy atom. The molecule has 1 aliphatic carbocycles. The summed E-state index contributed by atoms with van der Waals surface area (Å²) in [7, 11) is 0. The number of ether oxygens (including phenoxy) is 1. The quantitative estimate of drug-likeness (QED) is 0.819. The number of hydrogen-bond acceptors (Lipinski definition) is 3. The van der Waals surface area contributed by atoms with Gasteiger partial charge in [0.1, 0.15) is 0 Å². The Hall–Kier alpha value is -0.120. The molecule has 106 valence electrons. The zero-order chi connectivity index (χ0) is 13.0. The molecule has 0 aromatic rings. The third-order valence-electron chi connectivity index (χ3n) is 5.23. The average molecular weight is 254 g/mol. The fourth-order valence-corrected chi connectivity index (χ4v) is 3.97. The first-order valence-electron chi connectivity index (χ1n) is 7.77. The molecule has 3 heteroatoms. The second-order valence-electron chi connectivity index (χ2n) is 6.20. The molecule has 0 spiro atoms. The van der Waals surface area contributed by atoms with E-state index in [4.69, 9.17) is 10.5 Å². The Labute approximate surface area is 112 Å². The molecule has 2 aliphatic rings. The summed E-state index contributed by atoms with van der Waals surface area (Å²) in [6, 6.07) is 0.748. The SMILES string of the molecule is CCN(C1CCCCC1)C(C)(CN)C1CCOC1. The van der Waals surface area contributed by atoms with E-state index in [0.29, 0.717) is 5.92 Å². The number of nitrogens with zero attached hydrogens (tertiary/aromatic N) is 1. The maximum atomic E-state index is 6.17. The van der Waals surface area contributed by atoms with Gasteiger partial charge in [-0.1, -0.05) is 26.2 Å². The Kier molecular flexibility index (Phi) is 5.05. The fourth-order valence-electron chi connectivity index (χ4n) is 3.97. The van der Waals surface area contributed by atoms with Crippen LogP contribution in [0, 0.1) is 5.92 Å². The monoisotopic (exact) mass is 254 g/mol. The van der Waals surface area contributed by atoms with Crippen LogP contribution in [0.4, 0.5) is 0 Å². The second-order valence-corrected chi connectivity index (χ2v) is 6.20. The van der Waals surface area contributed by atoms with Crippen LogP contribution in [0.3, 0.4) is 0 Å². The van der Waals surface area contributed by atoms with Crippen LogP contribution in [0.1, 0.15) is 52.4 Å². The minimum absolute atomic E-state index is 0.132. The van der Waals surface area contributed by atoms with Gasteiger partial charge >= 0.3 is 0 Å². The summed E-state index contributed by atoms with van der Waals surface area (Å²) in [4.78, 5) is 2.70. The predicted molar refractivity (Wildman–Crippen MR) is 75.6 cm³/mol. The average Bonchev–Trinajstić information content (AvgIpc) is 2.95. The molecular formula is C15H30N2O. The van der Waals surface area contributed by atoms with E-state index in [9.17, 15) is 0 Å². The molecule has 0 amide bonds. The third-order valence-corrected chi connectivity index (χ3v) is 5.23. The molecular weight excluding hydrogens is 224 g/mol. The molecule has 2 unspecified atom stereocenters. The van der Waals surface area contributed by atoms with Gasteiger partial charge < -0.3 is 10.5 Å². The maximum absolute atomic E-state index is 6.17. The molecule has 1 heterocycles. The summed E-state index contributed by atoms with van der Waals surface area (Å²) in [5.74, 6) is 0.615. The summed E-state index contributed by atoms with van der Waals surface area (Å²) in [5, 5.41) is 0. The highest BCUT2D eigenvalue weighted by Gasteiger charge is 2.42. The molecule has 0 bridgehead atoms. The largest absolute Gasteiger partial charge is 0.381 e. The summed E-state index contributed by atoms with van der Waals surface area (Å²) in [6.45, 7) is 8.35. The molecule has 0 aromatic carbocycles. The van der Waals surface area contributed by atoms with Gasteiger partial charge in [0.15, 0.2) is 0 Å². The Morgan fingerprint density at radius 3 is 2.44 bits per heavy atom. The Balaban J connectivity index is 2.10. The van der Waals surface area contributed by atoms with Crippen LogP contribution in [-0.2, 0) is 4.74 Å². The van der Waals surface area contributed by atoms with Crippen molar-refractivity contribution in [1.82, 2.24) is 4.90 Å². The van der Waals surface area contributed by atoms with Gasteiger partial charge in [0.2, 0.25) is 0 Å². The topological polar surface area (TPSA) is 38.5 Å². The van der Waals surface area contributed by atoms with Gasteiger partial charge in [0.25, 0.3) is 0 Å². The van der Waals surface area contributed by atoms with Gasteiger partial charge in [0, 0.05) is 30.7 Å². The lowest BCUT2D eigenvalue weighted by atomic mass is 9.80. The van der Waals surface area contributed by atoms with Crippen LogP contribution in [0.2, 0.25) is 0 Å². The maximum Gasteiger partial charge on any atom is 0.0513 e. The normalized spacial score (nSPS) is 29.7. The minimum Gasteiger partial charge on any atom is -0.381 e. The van der Waals surface area contributed by atoms with Crippen molar-refractivity contribution in [2.75, 3.05) is 26.3 Å². The lowest BCUT2D eigenvalue weighted by molar-refractivity contribution is 0.00224. The van der Waals surface area contributed by atoms with E-state index >= 15 is 0 Å². The molecule has 0 aromatic heterocycles. The number of likely N-dealkylation sites (N-methyl/N-ethyl adjacent to an activating group) is 1. The molecule has 1 saturated carbocycles. The van der Waals surface area contributed by atoms with E-state index in [0.717, 1.165) is 32.3 Å². The first kappa shape index (κ1) is 14.3. The molecule has 2 N–H and O–H groups in total.